The SMILES string of the molecule is COC(=O)[C@@H]1C[C@H](OC)CN1C(=O)c1cc(C)c(C)s1. The van der Waals surface area contributed by atoms with Crippen LogP contribution in [0.25, 0.3) is 0 Å². The minimum absolute atomic E-state index is 0.120. The van der Waals surface area contributed by atoms with Crippen molar-refractivity contribution in [3.63, 3.8) is 0 Å². The topological polar surface area (TPSA) is 55.8 Å². The van der Waals surface area contributed by atoms with E-state index in [1.165, 1.54) is 18.4 Å². The molecule has 0 bridgehead atoms. The van der Waals surface area contributed by atoms with Crippen molar-refractivity contribution in [3.8, 4) is 0 Å². The number of rotatable bonds is 3. The second-order valence-corrected chi connectivity index (χ2v) is 6.20. The minimum atomic E-state index is -0.555. The third kappa shape index (κ3) is 2.71. The summed E-state index contributed by atoms with van der Waals surface area (Å²) in [4.78, 5) is 27.7. The Morgan fingerprint density at radius 2 is 2.05 bits per heavy atom. The van der Waals surface area contributed by atoms with Crippen LogP contribution in [-0.4, -0.2) is 49.7 Å². The number of methoxy groups -OCH3 is 2. The summed E-state index contributed by atoms with van der Waals surface area (Å²) in [6.45, 7) is 4.38. The number of nitrogens with zero attached hydrogens (tertiary/aromatic N) is 1. The quantitative estimate of drug-likeness (QED) is 0.798. The standard InChI is InChI=1S/C14H19NO4S/c1-8-5-12(20-9(8)2)13(16)15-7-10(18-3)6-11(15)14(17)19-4/h5,10-11H,6-7H2,1-4H3/t10-,11-/m0/s1. The fraction of sp³-hybridized carbons (Fsp3) is 0.571. The van der Waals surface area contributed by atoms with Crippen LogP contribution in [0.3, 0.4) is 0 Å². The summed E-state index contributed by atoms with van der Waals surface area (Å²) in [6.07, 6.45) is 0.364. The van der Waals surface area contributed by atoms with Gasteiger partial charge in [-0.05, 0) is 25.5 Å². The Morgan fingerprint density at radius 1 is 1.35 bits per heavy atom. The van der Waals surface area contributed by atoms with Crippen molar-refractivity contribution in [3.05, 3.63) is 21.4 Å². The van der Waals surface area contributed by atoms with E-state index in [0.29, 0.717) is 17.8 Å². The van der Waals surface area contributed by atoms with E-state index < -0.39 is 6.04 Å². The highest BCUT2D eigenvalue weighted by atomic mass is 32.1. The van der Waals surface area contributed by atoms with Crippen LogP contribution in [0.5, 0.6) is 0 Å². The number of ether oxygens (including phenoxy) is 2. The zero-order chi connectivity index (χ0) is 14.9. The van der Waals surface area contributed by atoms with E-state index in [1.807, 2.05) is 19.9 Å². The van der Waals surface area contributed by atoms with Gasteiger partial charge in [-0.3, -0.25) is 4.79 Å². The van der Waals surface area contributed by atoms with Crippen molar-refractivity contribution in [2.75, 3.05) is 20.8 Å². The van der Waals surface area contributed by atoms with Crippen molar-refractivity contribution < 1.29 is 19.1 Å². The maximum absolute atomic E-state index is 12.6. The van der Waals surface area contributed by atoms with Gasteiger partial charge in [-0.2, -0.15) is 0 Å². The number of hydrogen-bond donors (Lipinski definition) is 0. The largest absolute Gasteiger partial charge is 0.467 e. The molecule has 1 fully saturated rings. The number of thiophene rings is 1. The van der Waals surface area contributed by atoms with Gasteiger partial charge in [-0.25, -0.2) is 4.79 Å². The van der Waals surface area contributed by atoms with Gasteiger partial charge in [0, 0.05) is 25.0 Å². The van der Waals surface area contributed by atoms with Gasteiger partial charge in [0.05, 0.1) is 18.1 Å². The Morgan fingerprint density at radius 3 is 2.55 bits per heavy atom. The van der Waals surface area contributed by atoms with Gasteiger partial charge >= 0.3 is 5.97 Å². The molecule has 0 spiro atoms. The number of carbonyl (C=O) groups excluding carboxylic acids is 2. The Bertz CT molecular complexity index is 506. The average molecular weight is 297 g/mol. The molecular formula is C14H19NO4S. The number of carbonyl (C=O) groups is 2. The molecule has 1 amide bonds. The fourth-order valence-electron chi connectivity index (χ4n) is 2.37. The van der Waals surface area contributed by atoms with Crippen molar-refractivity contribution in [1.82, 2.24) is 4.90 Å². The first kappa shape index (κ1) is 15.0. The van der Waals surface area contributed by atoms with E-state index in [4.69, 9.17) is 9.47 Å². The molecule has 1 saturated heterocycles. The summed E-state index contributed by atoms with van der Waals surface area (Å²) < 4.78 is 10.1. The molecule has 0 aromatic carbocycles. The molecule has 1 aromatic heterocycles. The second kappa shape index (κ2) is 5.93. The first-order valence-corrected chi connectivity index (χ1v) is 7.28. The van der Waals surface area contributed by atoms with Crippen LogP contribution < -0.4 is 0 Å². The molecule has 1 aliphatic rings. The van der Waals surface area contributed by atoms with Gasteiger partial charge < -0.3 is 14.4 Å². The van der Waals surface area contributed by atoms with Crippen LogP contribution in [-0.2, 0) is 14.3 Å². The number of aryl methyl sites for hydroxylation is 2. The average Bonchev–Trinajstić information content (AvgIpc) is 3.01. The van der Waals surface area contributed by atoms with Crippen LogP contribution in [0.1, 0.15) is 26.5 Å². The number of amides is 1. The number of esters is 1. The van der Waals surface area contributed by atoms with E-state index in [1.54, 1.807) is 12.0 Å². The van der Waals surface area contributed by atoms with Gasteiger partial charge in [0.15, 0.2) is 0 Å². The lowest BCUT2D eigenvalue weighted by atomic mass is 10.2. The van der Waals surface area contributed by atoms with Crippen molar-refractivity contribution in [2.45, 2.75) is 32.4 Å². The van der Waals surface area contributed by atoms with Crippen molar-refractivity contribution in [2.24, 2.45) is 0 Å². The molecule has 1 aromatic rings. The first-order valence-electron chi connectivity index (χ1n) is 6.46. The third-order valence-electron chi connectivity index (χ3n) is 3.71. The smallest absolute Gasteiger partial charge is 0.328 e. The summed E-state index contributed by atoms with van der Waals surface area (Å²) in [5, 5.41) is 0. The molecule has 2 rings (SSSR count). The van der Waals surface area contributed by atoms with E-state index in [9.17, 15) is 9.59 Å². The molecule has 2 heterocycles. The van der Waals surface area contributed by atoms with Crippen LogP contribution >= 0.6 is 11.3 Å². The fourth-order valence-corrected chi connectivity index (χ4v) is 3.36. The molecule has 0 unspecified atom stereocenters. The molecule has 0 aliphatic carbocycles. The maximum atomic E-state index is 12.6. The molecule has 5 nitrogen and oxygen atoms in total. The molecular weight excluding hydrogens is 278 g/mol. The molecule has 0 N–H and O–H groups in total. The summed E-state index contributed by atoms with van der Waals surface area (Å²) in [7, 11) is 2.93. The van der Waals surface area contributed by atoms with Crippen LogP contribution in [0, 0.1) is 13.8 Å². The van der Waals surface area contributed by atoms with Gasteiger partial charge in [0.2, 0.25) is 0 Å². The highest BCUT2D eigenvalue weighted by molar-refractivity contribution is 7.14. The highest BCUT2D eigenvalue weighted by Gasteiger charge is 2.41. The third-order valence-corrected chi connectivity index (χ3v) is 4.85. The van der Waals surface area contributed by atoms with Gasteiger partial charge in [0.25, 0.3) is 5.91 Å². The molecule has 110 valence electrons. The number of hydrogen-bond acceptors (Lipinski definition) is 5. The normalized spacial score (nSPS) is 22.1. The van der Waals surface area contributed by atoms with Gasteiger partial charge in [-0.1, -0.05) is 0 Å². The molecule has 2 atom stereocenters. The van der Waals surface area contributed by atoms with E-state index in [2.05, 4.69) is 0 Å². The molecule has 6 heteroatoms. The van der Waals surface area contributed by atoms with E-state index in [0.717, 1.165) is 10.4 Å². The molecule has 20 heavy (non-hydrogen) atoms. The lowest BCUT2D eigenvalue weighted by Crippen LogP contribution is -2.41. The molecule has 0 saturated carbocycles. The van der Waals surface area contributed by atoms with Gasteiger partial charge in [-0.15, -0.1) is 11.3 Å². The minimum Gasteiger partial charge on any atom is -0.467 e. The summed E-state index contributed by atoms with van der Waals surface area (Å²) in [6, 6.07) is 1.32. The van der Waals surface area contributed by atoms with Crippen molar-refractivity contribution in [1.29, 1.82) is 0 Å². The monoisotopic (exact) mass is 297 g/mol. The lowest BCUT2D eigenvalue weighted by molar-refractivity contribution is -0.145. The predicted octanol–water partition coefficient (Wildman–Crippen LogP) is 1.77. The zero-order valence-corrected chi connectivity index (χ0v) is 13.0. The maximum Gasteiger partial charge on any atom is 0.328 e. The first-order chi connectivity index (χ1) is 9.47. The van der Waals surface area contributed by atoms with Crippen LogP contribution in [0.4, 0.5) is 0 Å². The van der Waals surface area contributed by atoms with E-state index in [-0.39, 0.29) is 18.0 Å². The molecule has 1 aliphatic heterocycles. The van der Waals surface area contributed by atoms with E-state index >= 15 is 0 Å². The van der Waals surface area contributed by atoms with Crippen molar-refractivity contribution >= 4 is 23.2 Å². The lowest BCUT2D eigenvalue weighted by Gasteiger charge is -2.21. The number of likely N-dealkylation sites (tertiary alicyclic amines) is 1. The Labute approximate surface area is 122 Å². The van der Waals surface area contributed by atoms with Crippen LogP contribution in [0.15, 0.2) is 6.07 Å². The highest BCUT2D eigenvalue weighted by Crippen LogP contribution is 2.27. The molecule has 0 radical (unpaired) electrons. The van der Waals surface area contributed by atoms with Crippen LogP contribution in [0.2, 0.25) is 0 Å². The Balaban J connectivity index is 2.24. The summed E-state index contributed by atoms with van der Waals surface area (Å²) >= 11 is 1.46. The van der Waals surface area contributed by atoms with Gasteiger partial charge in [0.1, 0.15) is 6.04 Å². The zero-order valence-electron chi connectivity index (χ0n) is 12.1. The Hall–Kier alpha value is -1.40. The second-order valence-electron chi connectivity index (χ2n) is 4.94. The predicted molar refractivity (Wildman–Crippen MR) is 76.0 cm³/mol. The Kier molecular flexibility index (Phi) is 4.45. The summed E-state index contributed by atoms with van der Waals surface area (Å²) in [5.41, 5.74) is 1.09. The summed E-state index contributed by atoms with van der Waals surface area (Å²) in [5.74, 6) is -0.510.